The Labute approximate surface area is 224 Å². The third-order valence-electron chi connectivity index (χ3n) is 7.22. The van der Waals surface area contributed by atoms with E-state index in [1.165, 1.54) is 57.8 Å². The molecule has 37 heavy (non-hydrogen) atoms. The number of hydrogen-bond donors (Lipinski definition) is 1. The summed E-state index contributed by atoms with van der Waals surface area (Å²) in [5.41, 5.74) is -0.362. The fourth-order valence-electron chi connectivity index (χ4n) is 4.94. The van der Waals surface area contributed by atoms with Gasteiger partial charge in [0.25, 0.3) is 5.91 Å². The quantitative estimate of drug-likeness (QED) is 0.137. The molecule has 0 radical (unpaired) electrons. The van der Waals surface area contributed by atoms with Crippen LogP contribution in [0.1, 0.15) is 118 Å². The molecule has 1 heterocycles. The van der Waals surface area contributed by atoms with Crippen LogP contribution in [0.25, 0.3) is 0 Å². The number of hydrogen-bond acceptors (Lipinski definition) is 4. The standard InChI is InChI=1S/C31H48N2O4/c1-5-6-7-8-9-10-11-12-13-14-15-17-20-24-23-26(34)33(30(24)37)27(28(35)31(2,3)4)29(36)32-25-21-18-16-19-22-25/h16,18-19,21-22,24,27H,5-15,17,20,23H2,1-4H3,(H,32,36). The van der Waals surface area contributed by atoms with Crippen molar-refractivity contribution in [2.75, 3.05) is 5.32 Å². The first-order valence-electron chi connectivity index (χ1n) is 14.4. The van der Waals surface area contributed by atoms with E-state index in [1.807, 2.05) is 6.07 Å². The Hall–Kier alpha value is -2.50. The Morgan fingerprint density at radius 3 is 1.89 bits per heavy atom. The van der Waals surface area contributed by atoms with Crippen LogP contribution < -0.4 is 5.32 Å². The zero-order valence-corrected chi connectivity index (χ0v) is 23.5. The molecular formula is C31H48N2O4. The average molecular weight is 513 g/mol. The lowest BCUT2D eigenvalue weighted by Crippen LogP contribution is -2.55. The molecule has 6 heteroatoms. The van der Waals surface area contributed by atoms with Crippen molar-refractivity contribution in [1.82, 2.24) is 4.90 Å². The predicted octanol–water partition coefficient (Wildman–Crippen LogP) is 7.08. The molecule has 1 N–H and O–H groups in total. The van der Waals surface area contributed by atoms with E-state index in [1.54, 1.807) is 45.0 Å². The van der Waals surface area contributed by atoms with Crippen molar-refractivity contribution in [1.29, 1.82) is 0 Å². The molecule has 1 aliphatic heterocycles. The monoisotopic (exact) mass is 512 g/mol. The molecule has 2 atom stereocenters. The van der Waals surface area contributed by atoms with Gasteiger partial charge in [0.05, 0.1) is 0 Å². The van der Waals surface area contributed by atoms with Crippen LogP contribution in [0.15, 0.2) is 30.3 Å². The van der Waals surface area contributed by atoms with Gasteiger partial charge in [0.15, 0.2) is 11.8 Å². The van der Waals surface area contributed by atoms with Crippen molar-refractivity contribution in [3.8, 4) is 0 Å². The number of nitrogens with zero attached hydrogens (tertiary/aromatic N) is 1. The van der Waals surface area contributed by atoms with E-state index in [0.717, 1.165) is 24.2 Å². The Morgan fingerprint density at radius 1 is 0.865 bits per heavy atom. The van der Waals surface area contributed by atoms with Crippen molar-refractivity contribution in [2.45, 2.75) is 124 Å². The van der Waals surface area contributed by atoms with E-state index in [4.69, 9.17) is 0 Å². The lowest BCUT2D eigenvalue weighted by molar-refractivity contribution is -0.153. The number of para-hydroxylation sites is 1. The summed E-state index contributed by atoms with van der Waals surface area (Å²) in [4.78, 5) is 53.5. The summed E-state index contributed by atoms with van der Waals surface area (Å²) >= 11 is 0. The number of amides is 3. The number of ketones is 1. The fourth-order valence-corrected chi connectivity index (χ4v) is 4.94. The lowest BCUT2D eigenvalue weighted by Gasteiger charge is -2.29. The molecule has 0 saturated carbocycles. The van der Waals surface area contributed by atoms with Gasteiger partial charge in [0.1, 0.15) is 0 Å². The molecule has 0 bridgehead atoms. The summed E-state index contributed by atoms with van der Waals surface area (Å²) in [5.74, 6) is -2.35. The van der Waals surface area contributed by atoms with Crippen LogP contribution in [0, 0.1) is 11.3 Å². The van der Waals surface area contributed by atoms with Gasteiger partial charge < -0.3 is 5.32 Å². The number of benzene rings is 1. The highest BCUT2D eigenvalue weighted by molar-refractivity contribution is 6.19. The Bertz CT molecular complexity index is 875. The number of likely N-dealkylation sites (tertiary alicyclic amines) is 1. The van der Waals surface area contributed by atoms with E-state index in [9.17, 15) is 19.2 Å². The molecule has 1 aromatic carbocycles. The number of nitrogens with one attached hydrogen (secondary N) is 1. The zero-order valence-electron chi connectivity index (χ0n) is 23.5. The minimum atomic E-state index is -1.45. The largest absolute Gasteiger partial charge is 0.324 e. The fraction of sp³-hybridized carbons (Fsp3) is 0.677. The van der Waals surface area contributed by atoms with Gasteiger partial charge in [0, 0.05) is 23.4 Å². The van der Waals surface area contributed by atoms with Gasteiger partial charge in [-0.15, -0.1) is 0 Å². The second-order valence-corrected chi connectivity index (χ2v) is 11.6. The molecule has 0 spiro atoms. The summed E-state index contributed by atoms with van der Waals surface area (Å²) in [6.45, 7) is 7.35. The van der Waals surface area contributed by atoms with Crippen molar-refractivity contribution < 1.29 is 19.2 Å². The first-order chi connectivity index (χ1) is 17.7. The number of rotatable bonds is 17. The molecular weight excluding hydrogens is 464 g/mol. The van der Waals surface area contributed by atoms with Crippen molar-refractivity contribution in [3.05, 3.63) is 30.3 Å². The van der Waals surface area contributed by atoms with Crippen LogP contribution in [0.2, 0.25) is 0 Å². The van der Waals surface area contributed by atoms with Gasteiger partial charge in [-0.05, 0) is 18.6 Å². The van der Waals surface area contributed by atoms with Gasteiger partial charge in [-0.1, -0.05) is 123 Å². The highest BCUT2D eigenvalue weighted by Gasteiger charge is 2.49. The van der Waals surface area contributed by atoms with Gasteiger partial charge in [0.2, 0.25) is 11.8 Å². The van der Waals surface area contributed by atoms with Crippen molar-refractivity contribution in [2.24, 2.45) is 11.3 Å². The second-order valence-electron chi connectivity index (χ2n) is 11.6. The van der Waals surface area contributed by atoms with Crippen LogP contribution in [-0.2, 0) is 19.2 Å². The van der Waals surface area contributed by atoms with Gasteiger partial charge in [-0.2, -0.15) is 0 Å². The second kappa shape index (κ2) is 15.7. The number of carbonyl (C=O) groups excluding carboxylic acids is 4. The molecule has 206 valence electrons. The number of imide groups is 1. The van der Waals surface area contributed by atoms with Crippen molar-refractivity contribution >= 4 is 29.2 Å². The maximum Gasteiger partial charge on any atom is 0.255 e. The molecule has 0 aliphatic carbocycles. The molecule has 1 fully saturated rings. The van der Waals surface area contributed by atoms with Gasteiger partial charge in [-0.25, -0.2) is 0 Å². The number of Topliss-reactive ketones (excluding diaryl/α,β-unsaturated/α-hetero) is 1. The lowest BCUT2D eigenvalue weighted by atomic mass is 9.85. The van der Waals surface area contributed by atoms with Crippen LogP contribution in [0.5, 0.6) is 0 Å². The van der Waals surface area contributed by atoms with E-state index < -0.39 is 35.0 Å². The number of carbonyl (C=O) groups is 4. The third-order valence-corrected chi connectivity index (χ3v) is 7.22. The summed E-state index contributed by atoms with van der Waals surface area (Å²) in [5, 5.41) is 2.72. The summed E-state index contributed by atoms with van der Waals surface area (Å²) < 4.78 is 0. The first-order valence-corrected chi connectivity index (χ1v) is 14.4. The number of anilines is 1. The van der Waals surface area contributed by atoms with E-state index in [2.05, 4.69) is 12.2 Å². The minimum absolute atomic E-state index is 0.0728. The van der Waals surface area contributed by atoms with Crippen LogP contribution in [0.4, 0.5) is 5.69 Å². The maximum absolute atomic E-state index is 13.3. The smallest absolute Gasteiger partial charge is 0.255 e. The molecule has 1 aromatic rings. The summed E-state index contributed by atoms with van der Waals surface area (Å²) in [6, 6.07) is 7.33. The zero-order chi connectivity index (χ0) is 27.3. The van der Waals surface area contributed by atoms with Gasteiger partial charge in [-0.3, -0.25) is 24.1 Å². The highest BCUT2D eigenvalue weighted by atomic mass is 16.2. The summed E-state index contributed by atoms with van der Waals surface area (Å²) in [7, 11) is 0. The SMILES string of the molecule is CCCCCCCCCCCCCCC1CC(=O)N(C(C(=O)Nc2ccccc2)C(=O)C(C)(C)C)C1=O. The number of unbranched alkanes of at least 4 members (excludes halogenated alkanes) is 11. The minimum Gasteiger partial charge on any atom is -0.324 e. The van der Waals surface area contributed by atoms with Crippen LogP contribution >= 0.6 is 0 Å². The van der Waals surface area contributed by atoms with E-state index in [0.29, 0.717) is 12.1 Å². The predicted molar refractivity (Wildman–Crippen MR) is 149 cm³/mol. The van der Waals surface area contributed by atoms with E-state index >= 15 is 0 Å². The highest BCUT2D eigenvalue weighted by Crippen LogP contribution is 2.30. The molecule has 1 aliphatic rings. The van der Waals surface area contributed by atoms with Crippen LogP contribution in [0.3, 0.4) is 0 Å². The van der Waals surface area contributed by atoms with Crippen molar-refractivity contribution in [3.63, 3.8) is 0 Å². The molecule has 1 saturated heterocycles. The molecule has 6 nitrogen and oxygen atoms in total. The van der Waals surface area contributed by atoms with Gasteiger partial charge >= 0.3 is 0 Å². The third kappa shape index (κ3) is 10.1. The molecule has 2 rings (SSSR count). The van der Waals surface area contributed by atoms with Crippen LogP contribution in [-0.4, -0.2) is 34.4 Å². The van der Waals surface area contributed by atoms with E-state index in [-0.39, 0.29) is 12.3 Å². The maximum atomic E-state index is 13.3. The Kier molecular flexibility index (Phi) is 13.0. The topological polar surface area (TPSA) is 83.6 Å². The summed E-state index contributed by atoms with van der Waals surface area (Å²) in [6.07, 6.45) is 15.5. The molecule has 0 aromatic heterocycles. The Morgan fingerprint density at radius 2 is 1.38 bits per heavy atom. The Balaban J connectivity index is 1.84. The first kappa shape index (κ1) is 30.7. The molecule has 3 amide bonds. The average Bonchev–Trinajstić information content (AvgIpc) is 3.13. The molecule has 2 unspecified atom stereocenters. The normalized spacial score (nSPS) is 16.8.